The van der Waals surface area contributed by atoms with Crippen LogP contribution in [-0.4, -0.2) is 30.4 Å². The van der Waals surface area contributed by atoms with Crippen molar-refractivity contribution in [2.24, 2.45) is 14.1 Å². The summed E-state index contributed by atoms with van der Waals surface area (Å²) in [6, 6.07) is 0. The zero-order valence-electron chi connectivity index (χ0n) is 11.6. The van der Waals surface area contributed by atoms with Crippen LogP contribution in [0.25, 0.3) is 0 Å². The van der Waals surface area contributed by atoms with Gasteiger partial charge in [0.2, 0.25) is 0 Å². The van der Waals surface area contributed by atoms with Crippen LogP contribution >= 0.6 is 23.1 Å². The Morgan fingerprint density at radius 2 is 2.05 bits per heavy atom. The number of nitrogens with zero attached hydrogens (tertiary/aromatic N) is 4. The number of Topliss-reactive ketones (excluding diaryl/α,β-unsaturated/α-hetero) is 1. The topological polar surface area (TPSA) is 113 Å². The van der Waals surface area contributed by atoms with Crippen molar-refractivity contribution in [3.05, 3.63) is 31.9 Å². The molecule has 0 bridgehead atoms. The van der Waals surface area contributed by atoms with E-state index in [1.165, 1.54) is 37.2 Å². The van der Waals surface area contributed by atoms with E-state index in [-0.39, 0.29) is 11.4 Å². The van der Waals surface area contributed by atoms with Gasteiger partial charge in [0.1, 0.15) is 16.9 Å². The van der Waals surface area contributed by atoms with Crippen molar-refractivity contribution in [1.82, 2.24) is 19.3 Å². The van der Waals surface area contributed by atoms with Crippen LogP contribution in [0.1, 0.15) is 17.3 Å². The number of anilines is 1. The van der Waals surface area contributed by atoms with Gasteiger partial charge in [-0.2, -0.15) is 0 Å². The molecule has 10 heteroatoms. The smallest absolute Gasteiger partial charge is 0.332 e. The second kappa shape index (κ2) is 5.82. The predicted octanol–water partition coefficient (Wildman–Crippen LogP) is -0.119. The zero-order chi connectivity index (χ0) is 15.7. The molecule has 2 aromatic heterocycles. The Balaban J connectivity index is 2.44. The van der Waals surface area contributed by atoms with E-state index >= 15 is 0 Å². The molecule has 0 aliphatic rings. The highest BCUT2D eigenvalue weighted by Gasteiger charge is 2.25. The van der Waals surface area contributed by atoms with Crippen LogP contribution in [0.4, 0.5) is 5.82 Å². The fourth-order valence-electron chi connectivity index (χ4n) is 1.71. The van der Waals surface area contributed by atoms with Crippen molar-refractivity contribution in [2.75, 3.05) is 5.73 Å². The lowest BCUT2D eigenvalue weighted by molar-refractivity contribution is 0.0992. The number of thioether (sulfide) groups is 1. The molecule has 1 unspecified atom stereocenters. The van der Waals surface area contributed by atoms with Crippen LogP contribution < -0.4 is 17.0 Å². The van der Waals surface area contributed by atoms with Crippen molar-refractivity contribution in [3.63, 3.8) is 0 Å². The van der Waals surface area contributed by atoms with Crippen molar-refractivity contribution >= 4 is 34.7 Å². The van der Waals surface area contributed by atoms with Crippen LogP contribution in [0.3, 0.4) is 0 Å². The third-order valence-corrected chi connectivity index (χ3v) is 4.85. The first-order chi connectivity index (χ1) is 9.84. The van der Waals surface area contributed by atoms with Crippen LogP contribution in [0.5, 0.6) is 0 Å². The Hall–Kier alpha value is -1.94. The molecule has 21 heavy (non-hydrogen) atoms. The first-order valence-electron chi connectivity index (χ1n) is 5.87. The molecule has 0 amide bonds. The van der Waals surface area contributed by atoms with Gasteiger partial charge < -0.3 is 5.73 Å². The first-order valence-corrected chi connectivity index (χ1v) is 7.63. The van der Waals surface area contributed by atoms with Gasteiger partial charge in [-0.3, -0.25) is 18.7 Å². The maximum absolute atomic E-state index is 12.5. The number of carbonyl (C=O) groups excluding carboxylic acids is 1. The molecule has 0 aromatic carbocycles. The van der Waals surface area contributed by atoms with Crippen LogP contribution in [0.15, 0.2) is 19.4 Å². The van der Waals surface area contributed by atoms with E-state index in [0.29, 0.717) is 4.34 Å². The molecular formula is C11H13N5O3S2. The summed E-state index contributed by atoms with van der Waals surface area (Å²) >= 11 is 2.49. The van der Waals surface area contributed by atoms with Crippen molar-refractivity contribution in [3.8, 4) is 0 Å². The molecule has 2 N–H and O–H groups in total. The summed E-state index contributed by atoms with van der Waals surface area (Å²) in [7, 11) is 2.72. The van der Waals surface area contributed by atoms with Gasteiger partial charge in [-0.05, 0) is 6.92 Å². The Morgan fingerprint density at radius 3 is 2.62 bits per heavy atom. The molecule has 112 valence electrons. The molecule has 0 radical (unpaired) electrons. The molecular weight excluding hydrogens is 314 g/mol. The monoisotopic (exact) mass is 327 g/mol. The molecule has 0 saturated carbocycles. The highest BCUT2D eigenvalue weighted by atomic mass is 32.2. The largest absolute Gasteiger partial charge is 0.384 e. The van der Waals surface area contributed by atoms with Crippen molar-refractivity contribution in [2.45, 2.75) is 16.5 Å². The van der Waals surface area contributed by atoms with E-state index in [1.54, 1.807) is 12.4 Å². The lowest BCUT2D eigenvalue weighted by Crippen LogP contribution is -2.42. The van der Waals surface area contributed by atoms with E-state index < -0.39 is 22.3 Å². The molecule has 1 atom stereocenters. The summed E-state index contributed by atoms with van der Waals surface area (Å²) in [5, 5.41) is 6.95. The molecule has 2 aromatic rings. The normalized spacial score (nSPS) is 12.3. The average molecular weight is 327 g/mol. The Bertz CT molecular complexity index is 793. The fraction of sp³-hybridized carbons (Fsp3) is 0.364. The van der Waals surface area contributed by atoms with Crippen LogP contribution in [-0.2, 0) is 14.1 Å². The Morgan fingerprint density at radius 1 is 1.38 bits per heavy atom. The number of ketones is 1. The maximum Gasteiger partial charge on any atom is 0.332 e. The lowest BCUT2D eigenvalue weighted by Gasteiger charge is -2.13. The summed E-state index contributed by atoms with van der Waals surface area (Å²) < 4.78 is 2.57. The van der Waals surface area contributed by atoms with E-state index in [9.17, 15) is 14.4 Å². The summed E-state index contributed by atoms with van der Waals surface area (Å²) in [4.78, 5) is 36.3. The summed E-state index contributed by atoms with van der Waals surface area (Å²) in [6.07, 6.45) is 0. The van der Waals surface area contributed by atoms with Gasteiger partial charge >= 0.3 is 5.69 Å². The van der Waals surface area contributed by atoms with E-state index in [1.807, 2.05) is 0 Å². The molecule has 2 heterocycles. The second-order valence-electron chi connectivity index (χ2n) is 4.29. The SMILES string of the molecule is CC(Sc1nncs1)C(=O)c1c(N)n(C)c(=O)n(C)c1=O. The number of nitrogens with two attached hydrogens (primary N) is 1. The maximum atomic E-state index is 12.5. The van der Waals surface area contributed by atoms with Gasteiger partial charge in [-0.1, -0.05) is 23.1 Å². The molecule has 2 rings (SSSR count). The fourth-order valence-corrected chi connectivity index (χ4v) is 3.40. The standard InChI is InChI=1S/C11H13N5O3S2/c1-5(21-10-14-13-4-20-10)7(17)6-8(12)15(2)11(19)16(3)9(6)18/h4-5H,12H2,1-3H3. The number of carbonyl (C=O) groups is 1. The van der Waals surface area contributed by atoms with Crippen molar-refractivity contribution in [1.29, 1.82) is 0 Å². The number of nitrogen functional groups attached to an aromatic ring is 1. The van der Waals surface area contributed by atoms with Crippen LogP contribution in [0.2, 0.25) is 0 Å². The minimum absolute atomic E-state index is 0.127. The summed E-state index contributed by atoms with van der Waals surface area (Å²) in [5.41, 5.74) is 5.88. The molecule has 0 fully saturated rings. The third kappa shape index (κ3) is 2.76. The zero-order valence-corrected chi connectivity index (χ0v) is 13.2. The van der Waals surface area contributed by atoms with Gasteiger partial charge in [0.15, 0.2) is 10.1 Å². The minimum atomic E-state index is -0.690. The van der Waals surface area contributed by atoms with Crippen LogP contribution in [0, 0.1) is 0 Å². The predicted molar refractivity (Wildman–Crippen MR) is 80.9 cm³/mol. The number of rotatable bonds is 4. The molecule has 8 nitrogen and oxygen atoms in total. The lowest BCUT2D eigenvalue weighted by atomic mass is 10.1. The molecule has 0 aliphatic heterocycles. The molecule has 0 aliphatic carbocycles. The molecule has 0 saturated heterocycles. The Kier molecular flexibility index (Phi) is 4.28. The third-order valence-electron chi connectivity index (χ3n) is 2.94. The van der Waals surface area contributed by atoms with Gasteiger partial charge in [0.25, 0.3) is 5.56 Å². The minimum Gasteiger partial charge on any atom is -0.384 e. The van der Waals surface area contributed by atoms with Gasteiger partial charge in [-0.25, -0.2) is 4.79 Å². The first kappa shape index (κ1) is 15.4. The average Bonchev–Trinajstić information content (AvgIpc) is 2.96. The number of hydrogen-bond acceptors (Lipinski definition) is 8. The highest BCUT2D eigenvalue weighted by Crippen LogP contribution is 2.26. The molecule has 0 spiro atoms. The summed E-state index contributed by atoms with van der Waals surface area (Å²) in [5.74, 6) is -0.568. The quantitative estimate of drug-likeness (QED) is 0.615. The number of aromatic nitrogens is 4. The second-order valence-corrected chi connectivity index (χ2v) is 6.72. The van der Waals surface area contributed by atoms with E-state index in [2.05, 4.69) is 10.2 Å². The van der Waals surface area contributed by atoms with Gasteiger partial charge in [0.05, 0.1) is 5.25 Å². The number of hydrogen-bond donors (Lipinski definition) is 1. The Labute approximate surface area is 127 Å². The van der Waals surface area contributed by atoms with E-state index in [4.69, 9.17) is 5.73 Å². The van der Waals surface area contributed by atoms with Gasteiger partial charge in [0, 0.05) is 14.1 Å². The van der Waals surface area contributed by atoms with Gasteiger partial charge in [-0.15, -0.1) is 10.2 Å². The highest BCUT2D eigenvalue weighted by molar-refractivity contribution is 8.02. The van der Waals surface area contributed by atoms with Crippen molar-refractivity contribution < 1.29 is 4.79 Å². The van der Waals surface area contributed by atoms with E-state index in [0.717, 1.165) is 9.13 Å². The summed E-state index contributed by atoms with van der Waals surface area (Å²) in [6.45, 7) is 1.65.